The van der Waals surface area contributed by atoms with Gasteiger partial charge in [0.1, 0.15) is 0 Å². The molecule has 0 spiro atoms. The van der Waals surface area contributed by atoms with Crippen molar-refractivity contribution in [3.8, 4) is 0 Å². The first-order chi connectivity index (χ1) is 7.88. The molecule has 0 amide bonds. The van der Waals surface area contributed by atoms with Crippen molar-refractivity contribution in [3.63, 3.8) is 0 Å². The molecule has 0 heterocycles. The van der Waals surface area contributed by atoms with Gasteiger partial charge >= 0.3 is 0 Å². The van der Waals surface area contributed by atoms with Gasteiger partial charge in [0.15, 0.2) is 0 Å². The number of benzene rings is 1. The fourth-order valence-electron chi connectivity index (χ4n) is 1.89. The Bertz CT molecular complexity index is 428. The monoisotopic (exact) mass is 236 g/mol. The number of nitro benzene ring substituents is 1. The lowest BCUT2D eigenvalue weighted by Crippen LogP contribution is -2.06. The normalized spacial score (nSPS) is 12.8. The number of rotatable bonds is 4. The second-order valence-corrected chi connectivity index (χ2v) is 4.76. The van der Waals surface area contributed by atoms with Crippen LogP contribution in [0.5, 0.6) is 0 Å². The Morgan fingerprint density at radius 3 is 2.24 bits per heavy atom. The van der Waals surface area contributed by atoms with Crippen molar-refractivity contribution in [2.75, 3.05) is 5.73 Å². The van der Waals surface area contributed by atoms with Gasteiger partial charge in [-0.25, -0.2) is 0 Å². The van der Waals surface area contributed by atoms with Crippen molar-refractivity contribution in [1.29, 1.82) is 0 Å². The summed E-state index contributed by atoms with van der Waals surface area (Å²) in [5.74, 6) is 0.435. The number of non-ortho nitro benzene ring substituents is 1. The summed E-state index contributed by atoms with van der Waals surface area (Å²) in [5.41, 5.74) is 8.72. The van der Waals surface area contributed by atoms with Crippen molar-refractivity contribution in [1.82, 2.24) is 0 Å². The van der Waals surface area contributed by atoms with E-state index in [1.165, 1.54) is 0 Å². The standard InChI is InChI=1S/C13H20N2O2/c1-5-9(4)12-7-10(15(16)17)6-11(8(2)3)13(12)14/h6-9H,5,14H2,1-4H3. The second kappa shape index (κ2) is 5.17. The van der Waals surface area contributed by atoms with E-state index < -0.39 is 0 Å². The SMILES string of the molecule is CCC(C)c1cc([N+](=O)[O-])cc(C(C)C)c1N. The first-order valence-electron chi connectivity index (χ1n) is 5.96. The van der Waals surface area contributed by atoms with Gasteiger partial charge in [-0.1, -0.05) is 27.7 Å². The third kappa shape index (κ3) is 2.75. The average Bonchev–Trinajstić information content (AvgIpc) is 2.27. The highest BCUT2D eigenvalue weighted by Crippen LogP contribution is 2.35. The Morgan fingerprint density at radius 2 is 1.82 bits per heavy atom. The van der Waals surface area contributed by atoms with Gasteiger partial charge in [0.2, 0.25) is 0 Å². The van der Waals surface area contributed by atoms with Crippen LogP contribution in [0.3, 0.4) is 0 Å². The lowest BCUT2D eigenvalue weighted by atomic mass is 9.90. The topological polar surface area (TPSA) is 69.2 Å². The van der Waals surface area contributed by atoms with Gasteiger partial charge in [-0.15, -0.1) is 0 Å². The highest BCUT2D eigenvalue weighted by atomic mass is 16.6. The molecule has 4 nitrogen and oxygen atoms in total. The molecule has 1 aromatic carbocycles. The molecular weight excluding hydrogens is 216 g/mol. The molecule has 94 valence electrons. The summed E-state index contributed by atoms with van der Waals surface area (Å²) >= 11 is 0. The molecule has 0 fully saturated rings. The van der Waals surface area contributed by atoms with E-state index in [-0.39, 0.29) is 22.4 Å². The minimum Gasteiger partial charge on any atom is -0.398 e. The number of hydrogen-bond donors (Lipinski definition) is 1. The Balaban J connectivity index is 3.43. The molecule has 0 aliphatic heterocycles. The predicted octanol–water partition coefficient (Wildman–Crippen LogP) is 3.81. The number of nitro groups is 1. The van der Waals surface area contributed by atoms with Crippen molar-refractivity contribution >= 4 is 11.4 Å². The van der Waals surface area contributed by atoms with Crippen LogP contribution in [-0.2, 0) is 0 Å². The Hall–Kier alpha value is -1.58. The quantitative estimate of drug-likeness (QED) is 0.491. The maximum absolute atomic E-state index is 10.9. The van der Waals surface area contributed by atoms with Gasteiger partial charge in [0, 0.05) is 17.8 Å². The van der Waals surface area contributed by atoms with E-state index in [0.717, 1.165) is 17.5 Å². The van der Waals surface area contributed by atoms with Gasteiger partial charge in [-0.3, -0.25) is 10.1 Å². The summed E-state index contributed by atoms with van der Waals surface area (Å²) in [7, 11) is 0. The van der Waals surface area contributed by atoms with Crippen LogP contribution in [0.2, 0.25) is 0 Å². The van der Waals surface area contributed by atoms with Gasteiger partial charge in [0.25, 0.3) is 5.69 Å². The van der Waals surface area contributed by atoms with E-state index >= 15 is 0 Å². The van der Waals surface area contributed by atoms with Crippen molar-refractivity contribution in [2.24, 2.45) is 0 Å². The molecule has 2 N–H and O–H groups in total. The molecule has 0 aliphatic rings. The fraction of sp³-hybridized carbons (Fsp3) is 0.538. The Morgan fingerprint density at radius 1 is 1.29 bits per heavy atom. The molecule has 0 saturated heterocycles. The summed E-state index contributed by atoms with van der Waals surface area (Å²) in [6, 6.07) is 3.20. The third-order valence-electron chi connectivity index (χ3n) is 3.20. The van der Waals surface area contributed by atoms with Crippen molar-refractivity contribution < 1.29 is 4.92 Å². The summed E-state index contributed by atoms with van der Waals surface area (Å²) in [5, 5.41) is 10.9. The van der Waals surface area contributed by atoms with Crippen molar-refractivity contribution in [2.45, 2.75) is 46.0 Å². The van der Waals surface area contributed by atoms with Crippen LogP contribution in [0.25, 0.3) is 0 Å². The molecule has 0 aromatic heterocycles. The van der Waals surface area contributed by atoms with Crippen LogP contribution in [0, 0.1) is 10.1 Å². The van der Waals surface area contributed by atoms with Gasteiger partial charge in [0.05, 0.1) is 4.92 Å². The highest BCUT2D eigenvalue weighted by molar-refractivity contribution is 5.61. The minimum atomic E-state index is -0.350. The number of nitrogens with zero attached hydrogens (tertiary/aromatic N) is 1. The van der Waals surface area contributed by atoms with E-state index in [9.17, 15) is 10.1 Å². The molecule has 1 unspecified atom stereocenters. The van der Waals surface area contributed by atoms with Crippen molar-refractivity contribution in [3.05, 3.63) is 33.4 Å². The smallest absolute Gasteiger partial charge is 0.270 e. The zero-order valence-electron chi connectivity index (χ0n) is 10.9. The van der Waals surface area contributed by atoms with Crippen LogP contribution >= 0.6 is 0 Å². The Labute approximate surface area is 102 Å². The van der Waals surface area contributed by atoms with Crippen LogP contribution in [-0.4, -0.2) is 4.92 Å². The summed E-state index contributed by atoms with van der Waals surface area (Å²) in [6.45, 7) is 8.09. The zero-order valence-corrected chi connectivity index (χ0v) is 10.9. The van der Waals surface area contributed by atoms with Crippen LogP contribution < -0.4 is 5.73 Å². The maximum atomic E-state index is 10.9. The minimum absolute atomic E-state index is 0.137. The fourth-order valence-corrected chi connectivity index (χ4v) is 1.89. The molecule has 4 heteroatoms. The second-order valence-electron chi connectivity index (χ2n) is 4.76. The van der Waals surface area contributed by atoms with E-state index in [0.29, 0.717) is 5.69 Å². The Kier molecular flexibility index (Phi) is 4.10. The third-order valence-corrected chi connectivity index (χ3v) is 3.20. The number of nitrogens with two attached hydrogens (primary N) is 1. The van der Waals surface area contributed by atoms with E-state index in [2.05, 4.69) is 6.92 Å². The highest BCUT2D eigenvalue weighted by Gasteiger charge is 2.19. The van der Waals surface area contributed by atoms with E-state index in [1.807, 2.05) is 20.8 Å². The molecule has 1 atom stereocenters. The number of anilines is 1. The molecule has 0 saturated carbocycles. The largest absolute Gasteiger partial charge is 0.398 e. The maximum Gasteiger partial charge on any atom is 0.270 e. The number of hydrogen-bond acceptors (Lipinski definition) is 3. The molecule has 0 aliphatic carbocycles. The van der Waals surface area contributed by atoms with Crippen LogP contribution in [0.1, 0.15) is 57.1 Å². The van der Waals surface area contributed by atoms with Gasteiger partial charge in [-0.2, -0.15) is 0 Å². The van der Waals surface area contributed by atoms with Gasteiger partial charge in [-0.05, 0) is 29.4 Å². The molecule has 17 heavy (non-hydrogen) atoms. The molecule has 1 rings (SSSR count). The van der Waals surface area contributed by atoms with E-state index in [4.69, 9.17) is 5.73 Å². The predicted molar refractivity (Wildman–Crippen MR) is 70.3 cm³/mol. The van der Waals surface area contributed by atoms with Crippen LogP contribution in [0.15, 0.2) is 12.1 Å². The zero-order chi connectivity index (χ0) is 13.2. The molecule has 0 bridgehead atoms. The molecule has 0 radical (unpaired) electrons. The average molecular weight is 236 g/mol. The van der Waals surface area contributed by atoms with Gasteiger partial charge < -0.3 is 5.73 Å². The van der Waals surface area contributed by atoms with E-state index in [1.54, 1.807) is 12.1 Å². The molecule has 1 aromatic rings. The lowest BCUT2D eigenvalue weighted by molar-refractivity contribution is -0.385. The lowest BCUT2D eigenvalue weighted by Gasteiger charge is -2.17. The summed E-state index contributed by atoms with van der Waals surface area (Å²) < 4.78 is 0. The summed E-state index contributed by atoms with van der Waals surface area (Å²) in [4.78, 5) is 10.6. The van der Waals surface area contributed by atoms with Crippen LogP contribution in [0.4, 0.5) is 11.4 Å². The summed E-state index contributed by atoms with van der Waals surface area (Å²) in [6.07, 6.45) is 0.920. The molecular formula is C13H20N2O2. The number of nitrogen functional groups attached to an aromatic ring is 1. The first-order valence-corrected chi connectivity index (χ1v) is 5.96. The first kappa shape index (κ1) is 13.5.